The van der Waals surface area contributed by atoms with Crippen LogP contribution in [0.4, 0.5) is 8.78 Å². The van der Waals surface area contributed by atoms with E-state index in [1.807, 2.05) is 18.2 Å². The van der Waals surface area contributed by atoms with Crippen molar-refractivity contribution in [3.63, 3.8) is 0 Å². The molecule has 1 N–H and O–H groups in total. The third-order valence-corrected chi connectivity index (χ3v) is 3.01. The molecule has 2 rings (SSSR count). The lowest BCUT2D eigenvalue weighted by molar-refractivity contribution is -0.121. The normalized spacial score (nSPS) is 10.4. The van der Waals surface area contributed by atoms with Crippen LogP contribution in [0.15, 0.2) is 54.6 Å². The van der Waals surface area contributed by atoms with Gasteiger partial charge in [-0.1, -0.05) is 36.4 Å². The molecule has 0 bridgehead atoms. The second-order valence-corrected chi connectivity index (χ2v) is 4.67. The zero-order valence-electron chi connectivity index (χ0n) is 12.4. The SMILES string of the molecule is O=C(CCOc1ccccc1)NCc1ccccc1OC(F)F. The van der Waals surface area contributed by atoms with Gasteiger partial charge in [0.15, 0.2) is 0 Å². The maximum absolute atomic E-state index is 12.3. The number of carbonyl (C=O) groups excluding carboxylic acids is 1. The number of amides is 1. The number of carbonyl (C=O) groups is 1. The molecule has 0 saturated heterocycles. The molecule has 0 aromatic heterocycles. The fraction of sp³-hybridized carbons (Fsp3) is 0.235. The third-order valence-electron chi connectivity index (χ3n) is 3.01. The van der Waals surface area contributed by atoms with E-state index in [0.29, 0.717) is 11.3 Å². The molecule has 0 aliphatic rings. The molecule has 0 spiro atoms. The van der Waals surface area contributed by atoms with Crippen LogP contribution in [0.1, 0.15) is 12.0 Å². The summed E-state index contributed by atoms with van der Waals surface area (Å²) in [6.07, 6.45) is 0.173. The number of hydrogen-bond acceptors (Lipinski definition) is 3. The summed E-state index contributed by atoms with van der Waals surface area (Å²) in [4.78, 5) is 11.8. The Labute approximate surface area is 133 Å². The van der Waals surface area contributed by atoms with Gasteiger partial charge in [0.25, 0.3) is 0 Å². The van der Waals surface area contributed by atoms with Crippen LogP contribution >= 0.6 is 0 Å². The van der Waals surface area contributed by atoms with Crippen molar-refractivity contribution in [1.82, 2.24) is 5.32 Å². The van der Waals surface area contributed by atoms with Crippen molar-refractivity contribution >= 4 is 5.91 Å². The first-order chi connectivity index (χ1) is 11.1. The summed E-state index contributed by atoms with van der Waals surface area (Å²) in [5.74, 6) is 0.520. The zero-order chi connectivity index (χ0) is 16.5. The molecule has 0 unspecified atom stereocenters. The molecule has 122 valence electrons. The van der Waals surface area contributed by atoms with Crippen LogP contribution in [0.3, 0.4) is 0 Å². The number of nitrogens with one attached hydrogen (secondary N) is 1. The van der Waals surface area contributed by atoms with Crippen LogP contribution in [0, 0.1) is 0 Å². The minimum Gasteiger partial charge on any atom is -0.493 e. The van der Waals surface area contributed by atoms with E-state index in [4.69, 9.17) is 4.74 Å². The third kappa shape index (κ3) is 5.94. The van der Waals surface area contributed by atoms with Crippen LogP contribution in [0.25, 0.3) is 0 Å². The molecule has 0 atom stereocenters. The first-order valence-electron chi connectivity index (χ1n) is 7.12. The van der Waals surface area contributed by atoms with Crippen molar-refractivity contribution < 1.29 is 23.0 Å². The maximum Gasteiger partial charge on any atom is 0.387 e. The van der Waals surface area contributed by atoms with Crippen molar-refractivity contribution in [3.8, 4) is 11.5 Å². The van der Waals surface area contributed by atoms with Gasteiger partial charge in [0.2, 0.25) is 5.91 Å². The molecule has 6 heteroatoms. The highest BCUT2D eigenvalue weighted by Crippen LogP contribution is 2.19. The van der Waals surface area contributed by atoms with E-state index < -0.39 is 6.61 Å². The predicted octanol–water partition coefficient (Wildman–Crippen LogP) is 3.37. The second kappa shape index (κ2) is 8.73. The molecular weight excluding hydrogens is 304 g/mol. The summed E-state index contributed by atoms with van der Waals surface area (Å²) in [5, 5.41) is 2.66. The Bertz CT molecular complexity index is 620. The molecular formula is C17H17F2NO3. The van der Waals surface area contributed by atoms with Crippen molar-refractivity contribution in [2.75, 3.05) is 6.61 Å². The molecule has 4 nitrogen and oxygen atoms in total. The number of halogens is 2. The summed E-state index contributed by atoms with van der Waals surface area (Å²) in [7, 11) is 0. The monoisotopic (exact) mass is 321 g/mol. The highest BCUT2D eigenvalue weighted by Gasteiger charge is 2.10. The number of hydrogen-bond donors (Lipinski definition) is 1. The standard InChI is InChI=1S/C17H17F2NO3/c18-17(19)23-15-9-5-4-6-13(15)12-20-16(21)10-11-22-14-7-2-1-3-8-14/h1-9,17H,10-12H2,(H,20,21). The Balaban J connectivity index is 1.76. The van der Waals surface area contributed by atoms with Gasteiger partial charge in [-0.05, 0) is 18.2 Å². The van der Waals surface area contributed by atoms with E-state index in [-0.39, 0.29) is 31.2 Å². The molecule has 0 heterocycles. The Morgan fingerprint density at radius 1 is 1.04 bits per heavy atom. The molecule has 23 heavy (non-hydrogen) atoms. The molecule has 2 aromatic carbocycles. The molecule has 0 aliphatic carbocycles. The number of benzene rings is 2. The van der Waals surface area contributed by atoms with E-state index in [1.54, 1.807) is 30.3 Å². The maximum atomic E-state index is 12.3. The summed E-state index contributed by atoms with van der Waals surface area (Å²) in [6, 6.07) is 15.5. The topological polar surface area (TPSA) is 47.6 Å². The van der Waals surface area contributed by atoms with Gasteiger partial charge in [-0.3, -0.25) is 4.79 Å². The highest BCUT2D eigenvalue weighted by molar-refractivity contribution is 5.76. The first-order valence-corrected chi connectivity index (χ1v) is 7.12. The Kier molecular flexibility index (Phi) is 6.35. The largest absolute Gasteiger partial charge is 0.493 e. The number of rotatable bonds is 8. The van der Waals surface area contributed by atoms with Crippen LogP contribution in [-0.4, -0.2) is 19.1 Å². The van der Waals surface area contributed by atoms with Gasteiger partial charge in [0.1, 0.15) is 11.5 Å². The summed E-state index contributed by atoms with van der Waals surface area (Å²) >= 11 is 0. The van der Waals surface area contributed by atoms with E-state index in [9.17, 15) is 13.6 Å². The Hall–Kier alpha value is -2.63. The molecule has 0 aliphatic heterocycles. The molecule has 0 radical (unpaired) electrons. The van der Waals surface area contributed by atoms with E-state index in [2.05, 4.69) is 10.1 Å². The fourth-order valence-corrected chi connectivity index (χ4v) is 1.92. The van der Waals surface area contributed by atoms with E-state index in [0.717, 1.165) is 0 Å². The molecule has 0 fully saturated rings. The van der Waals surface area contributed by atoms with Crippen molar-refractivity contribution in [1.29, 1.82) is 0 Å². The van der Waals surface area contributed by atoms with Crippen LogP contribution in [-0.2, 0) is 11.3 Å². The molecule has 1 amide bonds. The predicted molar refractivity (Wildman–Crippen MR) is 81.5 cm³/mol. The second-order valence-electron chi connectivity index (χ2n) is 4.67. The lowest BCUT2D eigenvalue weighted by Crippen LogP contribution is -2.24. The Morgan fingerprint density at radius 3 is 2.48 bits per heavy atom. The van der Waals surface area contributed by atoms with Crippen LogP contribution in [0.2, 0.25) is 0 Å². The van der Waals surface area contributed by atoms with E-state index in [1.165, 1.54) is 6.07 Å². The van der Waals surface area contributed by atoms with Crippen molar-refractivity contribution in [3.05, 3.63) is 60.2 Å². The molecule has 2 aromatic rings. The van der Waals surface area contributed by atoms with Gasteiger partial charge in [0, 0.05) is 12.1 Å². The average molecular weight is 321 g/mol. The first kappa shape index (κ1) is 16.7. The van der Waals surface area contributed by atoms with Gasteiger partial charge >= 0.3 is 6.61 Å². The summed E-state index contributed by atoms with van der Waals surface area (Å²) in [5.41, 5.74) is 0.491. The van der Waals surface area contributed by atoms with Gasteiger partial charge in [-0.25, -0.2) is 0 Å². The summed E-state index contributed by atoms with van der Waals surface area (Å²) in [6.45, 7) is -2.54. The minimum absolute atomic E-state index is 0.0586. The Morgan fingerprint density at radius 2 is 1.74 bits per heavy atom. The van der Waals surface area contributed by atoms with Crippen molar-refractivity contribution in [2.45, 2.75) is 19.6 Å². The minimum atomic E-state index is -2.90. The van der Waals surface area contributed by atoms with Gasteiger partial charge in [-0.15, -0.1) is 0 Å². The zero-order valence-corrected chi connectivity index (χ0v) is 12.4. The van der Waals surface area contributed by atoms with E-state index >= 15 is 0 Å². The molecule has 0 saturated carbocycles. The van der Waals surface area contributed by atoms with Gasteiger partial charge < -0.3 is 14.8 Å². The van der Waals surface area contributed by atoms with Gasteiger partial charge in [0.05, 0.1) is 13.0 Å². The fourth-order valence-electron chi connectivity index (χ4n) is 1.92. The van der Waals surface area contributed by atoms with Gasteiger partial charge in [-0.2, -0.15) is 8.78 Å². The smallest absolute Gasteiger partial charge is 0.387 e. The number of para-hydroxylation sites is 2. The quantitative estimate of drug-likeness (QED) is 0.811. The number of alkyl halides is 2. The lowest BCUT2D eigenvalue weighted by atomic mass is 10.2. The van der Waals surface area contributed by atoms with Crippen LogP contribution < -0.4 is 14.8 Å². The average Bonchev–Trinajstić information content (AvgIpc) is 2.54. The summed E-state index contributed by atoms with van der Waals surface area (Å²) < 4.78 is 34.4. The van der Waals surface area contributed by atoms with Crippen molar-refractivity contribution in [2.24, 2.45) is 0 Å². The van der Waals surface area contributed by atoms with Crippen LogP contribution in [0.5, 0.6) is 11.5 Å². The highest BCUT2D eigenvalue weighted by atomic mass is 19.3. The number of ether oxygens (including phenoxy) is 2. The lowest BCUT2D eigenvalue weighted by Gasteiger charge is -2.11.